The number of unbranched alkanes of at least 4 members (excludes halogenated alkanes) is 14. The van der Waals surface area contributed by atoms with Crippen LogP contribution in [0.3, 0.4) is 0 Å². The molecule has 4 heteroatoms. The molecule has 0 rings (SSSR count). The third kappa shape index (κ3) is 45.5. The maximum absolute atomic E-state index is 12.4. The van der Waals surface area contributed by atoms with Crippen molar-refractivity contribution in [1.82, 2.24) is 5.32 Å². The van der Waals surface area contributed by atoms with Crippen LogP contribution in [0.25, 0.3) is 0 Å². The first kappa shape index (κ1) is 55.5. The van der Waals surface area contributed by atoms with Crippen LogP contribution in [-0.2, 0) is 4.79 Å². The third-order valence-corrected chi connectivity index (χ3v) is 9.86. The topological polar surface area (TPSA) is 69.6 Å². The fourth-order valence-corrected chi connectivity index (χ4v) is 6.29. The van der Waals surface area contributed by atoms with Gasteiger partial charge in [0.2, 0.25) is 5.91 Å². The summed E-state index contributed by atoms with van der Waals surface area (Å²) in [5, 5.41) is 22.9. The lowest BCUT2D eigenvalue weighted by Gasteiger charge is -2.19. The largest absolute Gasteiger partial charge is 0.394 e. The molecule has 0 aliphatic rings. The van der Waals surface area contributed by atoms with Crippen molar-refractivity contribution in [3.63, 3.8) is 0 Å². The monoisotopic (exact) mass is 812 g/mol. The first-order chi connectivity index (χ1) is 29.2. The van der Waals surface area contributed by atoms with E-state index in [-0.39, 0.29) is 12.5 Å². The van der Waals surface area contributed by atoms with E-state index in [9.17, 15) is 15.0 Å². The number of carbonyl (C=O) groups excluding carboxylic acids is 1. The summed E-state index contributed by atoms with van der Waals surface area (Å²) in [6, 6.07) is -0.653. The molecule has 0 bridgehead atoms. The van der Waals surface area contributed by atoms with Gasteiger partial charge in [-0.25, -0.2) is 0 Å². The second-order valence-corrected chi connectivity index (χ2v) is 15.4. The summed E-state index contributed by atoms with van der Waals surface area (Å²) < 4.78 is 0. The summed E-state index contributed by atoms with van der Waals surface area (Å²) in [7, 11) is 0. The predicted octanol–water partition coefficient (Wildman–Crippen LogP) is 15.5. The lowest BCUT2D eigenvalue weighted by atomic mass is 10.0. The number of aliphatic hydroxyl groups excluding tert-OH is 2. The first-order valence-corrected chi connectivity index (χ1v) is 23.9. The molecule has 0 fully saturated rings. The molecule has 0 saturated carbocycles. The van der Waals surface area contributed by atoms with Gasteiger partial charge in [0.15, 0.2) is 0 Å². The van der Waals surface area contributed by atoms with Crippen molar-refractivity contribution in [2.45, 2.75) is 199 Å². The van der Waals surface area contributed by atoms with Crippen LogP contribution >= 0.6 is 0 Å². The van der Waals surface area contributed by atoms with E-state index in [0.717, 1.165) is 96.3 Å². The van der Waals surface area contributed by atoms with E-state index in [1.54, 1.807) is 6.08 Å². The van der Waals surface area contributed by atoms with Crippen molar-refractivity contribution in [3.8, 4) is 0 Å². The highest BCUT2D eigenvalue weighted by atomic mass is 16.3. The average molecular weight is 812 g/mol. The summed E-state index contributed by atoms with van der Waals surface area (Å²) in [5.41, 5.74) is 0. The molecule has 3 N–H and O–H groups in total. The highest BCUT2D eigenvalue weighted by Gasteiger charge is 2.17. The van der Waals surface area contributed by atoms with Crippen molar-refractivity contribution in [3.05, 3.63) is 134 Å². The SMILES string of the molecule is CC/C=C\C/C=C\C/C=C\C/C=C\C/C=C\C/C=C\C/C=C\C/C=C\CCCCCCCCCCCCCCC(=O)NC(CO)C(O)/C=C/CC/C=C/CC/C=C/CC. The molecule has 0 aromatic rings. The third-order valence-electron chi connectivity index (χ3n) is 9.86. The number of aliphatic hydroxyl groups is 2. The summed E-state index contributed by atoms with van der Waals surface area (Å²) in [4.78, 5) is 12.4. The van der Waals surface area contributed by atoms with Crippen molar-refractivity contribution in [2.24, 2.45) is 0 Å². The molecule has 1 amide bonds. The molecule has 0 saturated heterocycles. The average Bonchev–Trinajstić information content (AvgIpc) is 3.24. The maximum Gasteiger partial charge on any atom is 0.220 e. The van der Waals surface area contributed by atoms with Gasteiger partial charge in [-0.2, -0.15) is 0 Å². The molecule has 0 aliphatic heterocycles. The second kappa shape index (κ2) is 48.9. The molecule has 332 valence electrons. The fraction of sp³-hybridized carbons (Fsp3) is 0.582. The Morgan fingerprint density at radius 2 is 0.712 bits per heavy atom. The first-order valence-electron chi connectivity index (χ1n) is 23.9. The zero-order chi connectivity index (χ0) is 42.8. The van der Waals surface area contributed by atoms with Crippen LogP contribution in [-0.4, -0.2) is 34.9 Å². The predicted molar refractivity (Wildman–Crippen MR) is 262 cm³/mol. The molecule has 2 atom stereocenters. The van der Waals surface area contributed by atoms with Gasteiger partial charge in [-0.1, -0.05) is 212 Å². The Hall–Kier alpha value is -3.47. The van der Waals surface area contributed by atoms with Crippen LogP contribution in [0.15, 0.2) is 134 Å². The molecule has 59 heavy (non-hydrogen) atoms. The van der Waals surface area contributed by atoms with Crippen LogP contribution in [0.4, 0.5) is 0 Å². The minimum absolute atomic E-state index is 0.0897. The quantitative estimate of drug-likeness (QED) is 0.0425. The van der Waals surface area contributed by atoms with E-state index < -0.39 is 12.1 Å². The van der Waals surface area contributed by atoms with Crippen LogP contribution < -0.4 is 5.32 Å². The molecular weight excluding hydrogens is 723 g/mol. The maximum atomic E-state index is 12.4. The summed E-state index contributed by atoms with van der Waals surface area (Å²) in [5.74, 6) is -0.0897. The molecule has 0 radical (unpaired) electrons. The Morgan fingerprint density at radius 3 is 1.12 bits per heavy atom. The minimum Gasteiger partial charge on any atom is -0.394 e. The Bertz CT molecular complexity index is 1240. The Balaban J connectivity index is 3.59. The Labute approximate surface area is 364 Å². The number of allylic oxidation sites excluding steroid dienone is 21. The van der Waals surface area contributed by atoms with E-state index in [2.05, 4.69) is 141 Å². The van der Waals surface area contributed by atoms with E-state index in [4.69, 9.17) is 0 Å². The number of carbonyl (C=O) groups is 1. The lowest BCUT2D eigenvalue weighted by Crippen LogP contribution is -2.45. The minimum atomic E-state index is -0.876. The lowest BCUT2D eigenvalue weighted by molar-refractivity contribution is -0.123. The summed E-state index contributed by atoms with van der Waals surface area (Å²) in [6.07, 6.45) is 77.3. The van der Waals surface area contributed by atoms with Gasteiger partial charge >= 0.3 is 0 Å². The summed E-state index contributed by atoms with van der Waals surface area (Å²) >= 11 is 0. The van der Waals surface area contributed by atoms with E-state index in [1.165, 1.54) is 70.6 Å². The van der Waals surface area contributed by atoms with Crippen molar-refractivity contribution >= 4 is 5.91 Å². The van der Waals surface area contributed by atoms with Gasteiger partial charge in [-0.05, 0) is 103 Å². The number of rotatable bonds is 41. The smallest absolute Gasteiger partial charge is 0.220 e. The van der Waals surface area contributed by atoms with Gasteiger partial charge < -0.3 is 15.5 Å². The fourth-order valence-electron chi connectivity index (χ4n) is 6.29. The number of nitrogens with one attached hydrogen (secondary N) is 1. The van der Waals surface area contributed by atoms with Gasteiger partial charge in [0, 0.05) is 6.42 Å². The van der Waals surface area contributed by atoms with Crippen LogP contribution in [0.5, 0.6) is 0 Å². The molecule has 0 aromatic carbocycles. The zero-order valence-corrected chi connectivity index (χ0v) is 38.0. The van der Waals surface area contributed by atoms with E-state index >= 15 is 0 Å². The molecular formula is C55H89NO3. The number of amides is 1. The van der Waals surface area contributed by atoms with Gasteiger partial charge in [0.05, 0.1) is 18.8 Å². The molecule has 0 heterocycles. The highest BCUT2D eigenvalue weighted by molar-refractivity contribution is 5.76. The van der Waals surface area contributed by atoms with Crippen molar-refractivity contribution < 1.29 is 15.0 Å². The molecule has 2 unspecified atom stereocenters. The normalized spacial score (nSPS) is 14.2. The molecule has 0 spiro atoms. The van der Waals surface area contributed by atoms with Crippen molar-refractivity contribution in [2.75, 3.05) is 6.61 Å². The van der Waals surface area contributed by atoms with Crippen LogP contribution in [0.1, 0.15) is 187 Å². The van der Waals surface area contributed by atoms with E-state index in [0.29, 0.717) is 6.42 Å². The molecule has 0 aliphatic carbocycles. The highest BCUT2D eigenvalue weighted by Crippen LogP contribution is 2.13. The van der Waals surface area contributed by atoms with Gasteiger partial charge in [0.1, 0.15) is 0 Å². The number of hydrogen-bond donors (Lipinski definition) is 3. The van der Waals surface area contributed by atoms with Crippen LogP contribution in [0.2, 0.25) is 0 Å². The summed E-state index contributed by atoms with van der Waals surface area (Å²) in [6.45, 7) is 4.03. The van der Waals surface area contributed by atoms with Crippen LogP contribution in [0, 0.1) is 0 Å². The number of hydrogen-bond acceptors (Lipinski definition) is 3. The molecule has 0 aromatic heterocycles. The standard InChI is InChI=1S/C55H89NO3/c1-3-5-7-9-11-13-15-16-17-18-19-20-21-22-23-24-25-26-27-28-29-30-31-32-33-34-35-36-37-38-39-40-41-43-45-47-49-51-55(59)56-53(52-57)54(58)50-48-46-44-42-14-12-10-8-6-4-2/h5-8,11,13-14,16-17,19-20,22-23,25-26,28-29,31-32,42,48,50,53-54,57-58H,3-4,9-10,12,15,18,21,24,27,30,33-41,43-47,49,51-52H2,1-2H3,(H,56,59)/b7-5-,8-6+,13-11-,17-16-,20-19-,23-22-,26-25-,29-28-,32-31-,42-14+,50-48+. The van der Waals surface area contributed by atoms with Crippen molar-refractivity contribution in [1.29, 1.82) is 0 Å². The Kier molecular flexibility index (Phi) is 46.0. The van der Waals surface area contributed by atoms with Gasteiger partial charge in [-0.3, -0.25) is 4.79 Å². The van der Waals surface area contributed by atoms with E-state index in [1.807, 2.05) is 6.08 Å². The van der Waals surface area contributed by atoms with Gasteiger partial charge in [-0.15, -0.1) is 0 Å². The molecule has 4 nitrogen and oxygen atoms in total. The Morgan fingerprint density at radius 1 is 0.407 bits per heavy atom. The zero-order valence-electron chi connectivity index (χ0n) is 38.0. The van der Waals surface area contributed by atoms with Gasteiger partial charge in [0.25, 0.3) is 0 Å². The second-order valence-electron chi connectivity index (χ2n) is 15.4.